The average Bonchev–Trinajstić information content (AvgIpc) is 1.89. The van der Waals surface area contributed by atoms with E-state index in [1.54, 1.807) is 0 Å². The molecule has 0 aromatic heterocycles. The lowest BCUT2D eigenvalue weighted by atomic mass is 10.0. The number of hydrogen-bond acceptors (Lipinski definition) is 0. The van der Waals surface area contributed by atoms with Crippen LogP contribution in [0.15, 0.2) is 36.7 Å². The molecule has 2 heteroatoms. The Labute approximate surface area is 62.5 Å². The Morgan fingerprint density at radius 1 is 1.60 bits per heavy atom. The number of halogens is 1. The maximum atomic E-state index is 12.4. The van der Waals surface area contributed by atoms with Gasteiger partial charge < -0.3 is 0 Å². The van der Waals surface area contributed by atoms with Crippen molar-refractivity contribution >= 4 is 7.85 Å². The quantitative estimate of drug-likeness (QED) is 0.411. The molecule has 0 heterocycles. The number of allylic oxidation sites excluding steroid dienone is 5. The molecule has 0 unspecified atom stereocenters. The van der Waals surface area contributed by atoms with Gasteiger partial charge in [-0.1, -0.05) is 25.1 Å². The maximum absolute atomic E-state index is 12.4. The zero-order valence-electron chi connectivity index (χ0n) is 6.31. The molecule has 0 aromatic rings. The van der Waals surface area contributed by atoms with Crippen LogP contribution in [-0.4, -0.2) is 7.85 Å². The first-order valence-electron chi connectivity index (χ1n) is 3.46. The van der Waals surface area contributed by atoms with Crippen LogP contribution in [0.3, 0.4) is 0 Å². The van der Waals surface area contributed by atoms with Gasteiger partial charge in [-0.2, -0.15) is 0 Å². The molecule has 0 saturated carbocycles. The molecule has 0 saturated heterocycles. The number of hydrogen-bond donors (Lipinski definition) is 0. The third-order valence-electron chi connectivity index (χ3n) is 1.01. The third kappa shape index (κ3) is 5.35. The summed E-state index contributed by atoms with van der Waals surface area (Å²) < 4.78 is 12.4. The van der Waals surface area contributed by atoms with Crippen LogP contribution in [-0.2, 0) is 0 Å². The van der Waals surface area contributed by atoms with Gasteiger partial charge in [0, 0.05) is 0 Å². The molecule has 0 bridgehead atoms. The van der Waals surface area contributed by atoms with Crippen LogP contribution in [0.5, 0.6) is 0 Å². The predicted octanol–water partition coefficient (Wildman–Crippen LogP) is 2.02. The van der Waals surface area contributed by atoms with Crippen molar-refractivity contribution in [2.75, 3.05) is 0 Å². The summed E-state index contributed by atoms with van der Waals surface area (Å²) in [4.78, 5) is 0. The Bertz CT molecular complexity index is 147. The summed E-state index contributed by atoms with van der Waals surface area (Å²) in [7, 11) is 2.06. The second kappa shape index (κ2) is 6.34. The Morgan fingerprint density at radius 2 is 2.30 bits per heavy atom. The van der Waals surface area contributed by atoms with Crippen LogP contribution in [0.25, 0.3) is 0 Å². The van der Waals surface area contributed by atoms with E-state index in [1.165, 1.54) is 18.2 Å². The van der Waals surface area contributed by atoms with Crippen molar-refractivity contribution in [1.82, 2.24) is 0 Å². The van der Waals surface area contributed by atoms with E-state index in [2.05, 4.69) is 14.4 Å². The summed E-state index contributed by atoms with van der Waals surface area (Å²) >= 11 is 0. The lowest BCUT2D eigenvalue weighted by molar-refractivity contribution is 0.666. The highest BCUT2D eigenvalue weighted by Crippen LogP contribution is 1.99. The topological polar surface area (TPSA) is 0 Å². The summed E-state index contributed by atoms with van der Waals surface area (Å²) in [5, 5.41) is 0. The molecule has 54 valence electrons. The molecule has 0 amide bonds. The van der Waals surface area contributed by atoms with Crippen molar-refractivity contribution in [2.45, 2.75) is 12.7 Å². The van der Waals surface area contributed by atoms with E-state index in [0.717, 1.165) is 12.7 Å². The Balaban J connectivity index is 3.65. The lowest BCUT2D eigenvalue weighted by Gasteiger charge is -1.83. The van der Waals surface area contributed by atoms with Crippen LogP contribution in [0.2, 0.25) is 6.32 Å². The van der Waals surface area contributed by atoms with E-state index in [4.69, 9.17) is 0 Å². The van der Waals surface area contributed by atoms with Crippen LogP contribution in [0, 0.1) is 0 Å². The van der Waals surface area contributed by atoms with Gasteiger partial charge in [0.1, 0.15) is 13.7 Å². The summed E-state index contributed by atoms with van der Waals surface area (Å²) in [6.07, 6.45) is 8.04. The first-order chi connectivity index (χ1) is 4.81. The van der Waals surface area contributed by atoms with Crippen molar-refractivity contribution in [2.24, 2.45) is 0 Å². The van der Waals surface area contributed by atoms with Gasteiger partial charge in [-0.3, -0.25) is 0 Å². The molecular formula is C8H12BF. The molecule has 0 atom stereocenters. The molecule has 0 radical (unpaired) electrons. The van der Waals surface area contributed by atoms with Crippen molar-refractivity contribution < 1.29 is 4.39 Å². The third-order valence-corrected chi connectivity index (χ3v) is 1.01. The molecule has 0 aliphatic heterocycles. The molecule has 0 aromatic carbocycles. The molecule has 0 spiro atoms. The highest BCUT2D eigenvalue weighted by molar-refractivity contribution is 6.08. The predicted molar refractivity (Wildman–Crippen MR) is 46.5 cm³/mol. The zero-order chi connectivity index (χ0) is 7.82. The van der Waals surface area contributed by atoms with Crippen LogP contribution >= 0.6 is 0 Å². The minimum Gasteiger partial charge on any atom is -0.207 e. The summed E-state index contributed by atoms with van der Waals surface area (Å²) in [6, 6.07) is 0. The first-order valence-corrected chi connectivity index (χ1v) is 3.46. The molecule has 0 aliphatic carbocycles. The van der Waals surface area contributed by atoms with Crippen molar-refractivity contribution in [3.05, 3.63) is 36.7 Å². The lowest BCUT2D eigenvalue weighted by Crippen LogP contribution is -1.66. The summed E-state index contributed by atoms with van der Waals surface area (Å²) in [6.45, 7) is 3.38. The second-order valence-electron chi connectivity index (χ2n) is 1.98. The standard InChI is InChI=1S/C8H12BF/c1-2-5-8(10)6-3-4-7-9/h2-3,5-6H,1,4,7,9H2/b6-3-,8-5+. The first kappa shape index (κ1) is 9.21. The fraction of sp³-hybridized carbons (Fsp3) is 0.250. The largest absolute Gasteiger partial charge is 0.207 e. The van der Waals surface area contributed by atoms with E-state index in [1.807, 2.05) is 6.08 Å². The van der Waals surface area contributed by atoms with Gasteiger partial charge in [0.2, 0.25) is 0 Å². The van der Waals surface area contributed by atoms with E-state index >= 15 is 0 Å². The highest BCUT2D eigenvalue weighted by Gasteiger charge is 1.81. The maximum Gasteiger partial charge on any atom is 0.122 e. The smallest absolute Gasteiger partial charge is 0.122 e. The van der Waals surface area contributed by atoms with E-state index in [9.17, 15) is 4.39 Å². The van der Waals surface area contributed by atoms with Crippen LogP contribution in [0.4, 0.5) is 4.39 Å². The monoisotopic (exact) mass is 138 g/mol. The SMILES string of the molecule is BCC/C=C\C(F)=C/C=C. The van der Waals surface area contributed by atoms with Crippen LogP contribution in [0.1, 0.15) is 6.42 Å². The molecule has 0 aliphatic rings. The molecule has 0 N–H and O–H groups in total. The van der Waals surface area contributed by atoms with E-state index in [-0.39, 0.29) is 5.83 Å². The number of rotatable bonds is 4. The summed E-state index contributed by atoms with van der Waals surface area (Å²) in [5.41, 5.74) is 0. The van der Waals surface area contributed by atoms with E-state index < -0.39 is 0 Å². The Hall–Kier alpha value is -0.785. The molecular weight excluding hydrogens is 126 g/mol. The molecule has 0 rings (SSSR count). The second-order valence-corrected chi connectivity index (χ2v) is 1.98. The minimum atomic E-state index is -0.233. The van der Waals surface area contributed by atoms with Gasteiger partial charge in [0.05, 0.1) is 0 Å². The molecule has 0 nitrogen and oxygen atoms in total. The summed E-state index contributed by atoms with van der Waals surface area (Å²) in [5.74, 6) is -0.233. The van der Waals surface area contributed by atoms with Crippen molar-refractivity contribution in [3.63, 3.8) is 0 Å². The zero-order valence-corrected chi connectivity index (χ0v) is 6.31. The fourth-order valence-corrected chi connectivity index (χ4v) is 0.531. The average molecular weight is 138 g/mol. The molecule has 10 heavy (non-hydrogen) atoms. The minimum absolute atomic E-state index is 0.233. The van der Waals surface area contributed by atoms with Crippen molar-refractivity contribution in [1.29, 1.82) is 0 Å². The van der Waals surface area contributed by atoms with Gasteiger partial charge in [-0.25, -0.2) is 4.39 Å². The Morgan fingerprint density at radius 3 is 2.80 bits per heavy atom. The van der Waals surface area contributed by atoms with Crippen LogP contribution < -0.4 is 0 Å². The van der Waals surface area contributed by atoms with E-state index in [0.29, 0.717) is 0 Å². The van der Waals surface area contributed by atoms with Gasteiger partial charge in [0.25, 0.3) is 0 Å². The van der Waals surface area contributed by atoms with Gasteiger partial charge in [-0.05, 0) is 18.6 Å². The van der Waals surface area contributed by atoms with Gasteiger partial charge >= 0.3 is 0 Å². The normalized spacial score (nSPS) is 12.3. The van der Waals surface area contributed by atoms with Gasteiger partial charge in [-0.15, -0.1) is 0 Å². The molecule has 0 fully saturated rings. The fourth-order valence-electron chi connectivity index (χ4n) is 0.531. The Kier molecular flexibility index (Phi) is 5.84. The van der Waals surface area contributed by atoms with Gasteiger partial charge in [0.15, 0.2) is 0 Å². The van der Waals surface area contributed by atoms with Crippen molar-refractivity contribution in [3.8, 4) is 0 Å². The highest BCUT2D eigenvalue weighted by atomic mass is 19.1.